The minimum Gasteiger partial charge on any atom is -0.497 e. The van der Waals surface area contributed by atoms with E-state index in [1.165, 1.54) is 24.8 Å². The van der Waals surface area contributed by atoms with Crippen LogP contribution in [0.1, 0.15) is 44.7 Å². The van der Waals surface area contributed by atoms with Crippen molar-refractivity contribution in [2.45, 2.75) is 39.2 Å². The van der Waals surface area contributed by atoms with Gasteiger partial charge in [0.15, 0.2) is 0 Å². The molecule has 0 bridgehead atoms. The molecular formula is C16H25NO. The van der Waals surface area contributed by atoms with E-state index in [1.54, 1.807) is 7.11 Å². The van der Waals surface area contributed by atoms with Gasteiger partial charge in [0, 0.05) is 6.04 Å². The number of rotatable bonds is 7. The van der Waals surface area contributed by atoms with Gasteiger partial charge >= 0.3 is 0 Å². The van der Waals surface area contributed by atoms with Crippen molar-refractivity contribution in [2.24, 2.45) is 11.8 Å². The van der Waals surface area contributed by atoms with Crippen LogP contribution in [0.15, 0.2) is 24.3 Å². The zero-order valence-corrected chi connectivity index (χ0v) is 11.8. The summed E-state index contributed by atoms with van der Waals surface area (Å²) in [4.78, 5) is 0. The summed E-state index contributed by atoms with van der Waals surface area (Å²) in [5, 5.41) is 3.75. The standard InChI is InChI=1S/C16H25NO/c1-4-12(2)11-17-16(13-5-6-13)14-7-9-15(18-3)10-8-14/h7-10,12-13,16-17H,4-6,11H2,1-3H3. The quantitative estimate of drug-likeness (QED) is 0.791. The van der Waals surface area contributed by atoms with Crippen molar-refractivity contribution < 1.29 is 4.74 Å². The second kappa shape index (κ2) is 6.24. The summed E-state index contributed by atoms with van der Waals surface area (Å²) < 4.78 is 5.22. The van der Waals surface area contributed by atoms with Gasteiger partial charge in [-0.15, -0.1) is 0 Å². The van der Waals surface area contributed by atoms with Crippen LogP contribution in [-0.2, 0) is 0 Å². The molecular weight excluding hydrogens is 222 g/mol. The van der Waals surface area contributed by atoms with E-state index < -0.39 is 0 Å². The Morgan fingerprint density at radius 1 is 1.28 bits per heavy atom. The van der Waals surface area contributed by atoms with Gasteiger partial charge < -0.3 is 10.1 Å². The number of ether oxygens (including phenoxy) is 1. The highest BCUT2D eigenvalue weighted by Gasteiger charge is 2.32. The first-order valence-electron chi connectivity index (χ1n) is 7.12. The van der Waals surface area contributed by atoms with E-state index in [0.717, 1.165) is 24.1 Å². The van der Waals surface area contributed by atoms with Crippen LogP contribution in [0, 0.1) is 11.8 Å². The van der Waals surface area contributed by atoms with Crippen LogP contribution in [0.25, 0.3) is 0 Å². The monoisotopic (exact) mass is 247 g/mol. The molecule has 2 unspecified atom stereocenters. The molecule has 1 fully saturated rings. The van der Waals surface area contributed by atoms with E-state index >= 15 is 0 Å². The molecule has 0 radical (unpaired) electrons. The van der Waals surface area contributed by atoms with Gasteiger partial charge in [-0.3, -0.25) is 0 Å². The molecule has 0 spiro atoms. The molecule has 18 heavy (non-hydrogen) atoms. The maximum absolute atomic E-state index is 5.22. The predicted octanol–water partition coefficient (Wildman–Crippen LogP) is 3.78. The van der Waals surface area contributed by atoms with Gasteiger partial charge in [0.25, 0.3) is 0 Å². The smallest absolute Gasteiger partial charge is 0.118 e. The Labute approximate surface area is 111 Å². The average molecular weight is 247 g/mol. The molecule has 0 aliphatic heterocycles. The molecule has 1 N–H and O–H groups in total. The van der Waals surface area contributed by atoms with E-state index in [1.807, 2.05) is 0 Å². The molecule has 0 saturated heterocycles. The summed E-state index contributed by atoms with van der Waals surface area (Å²) in [6, 6.07) is 9.06. The third-order valence-electron chi connectivity index (χ3n) is 3.95. The Bertz CT molecular complexity index is 356. The summed E-state index contributed by atoms with van der Waals surface area (Å²) in [7, 11) is 1.72. The fourth-order valence-electron chi connectivity index (χ4n) is 2.27. The zero-order chi connectivity index (χ0) is 13.0. The van der Waals surface area contributed by atoms with Crippen LogP contribution < -0.4 is 10.1 Å². The fourth-order valence-corrected chi connectivity index (χ4v) is 2.27. The molecule has 2 atom stereocenters. The molecule has 2 nitrogen and oxygen atoms in total. The third-order valence-corrected chi connectivity index (χ3v) is 3.95. The van der Waals surface area contributed by atoms with Crippen LogP contribution in [-0.4, -0.2) is 13.7 Å². The highest BCUT2D eigenvalue weighted by molar-refractivity contribution is 5.30. The highest BCUT2D eigenvalue weighted by atomic mass is 16.5. The summed E-state index contributed by atoms with van der Waals surface area (Å²) in [5.74, 6) is 2.53. The summed E-state index contributed by atoms with van der Waals surface area (Å²) >= 11 is 0. The van der Waals surface area contributed by atoms with Gasteiger partial charge in [-0.1, -0.05) is 32.4 Å². The van der Waals surface area contributed by atoms with Crippen LogP contribution in [0.3, 0.4) is 0 Å². The molecule has 1 aliphatic rings. The molecule has 0 heterocycles. The van der Waals surface area contributed by atoms with Gasteiger partial charge in [0.2, 0.25) is 0 Å². The lowest BCUT2D eigenvalue weighted by atomic mass is 10.0. The molecule has 1 saturated carbocycles. The number of hydrogen-bond acceptors (Lipinski definition) is 2. The van der Waals surface area contributed by atoms with Crippen molar-refractivity contribution in [1.82, 2.24) is 5.32 Å². The molecule has 100 valence electrons. The molecule has 2 rings (SSSR count). The lowest BCUT2D eigenvalue weighted by molar-refractivity contribution is 0.409. The lowest BCUT2D eigenvalue weighted by Crippen LogP contribution is -2.27. The van der Waals surface area contributed by atoms with Gasteiger partial charge in [-0.25, -0.2) is 0 Å². The van der Waals surface area contributed by atoms with Crippen LogP contribution in [0.5, 0.6) is 5.75 Å². The Morgan fingerprint density at radius 2 is 1.94 bits per heavy atom. The van der Waals surface area contributed by atoms with E-state index in [4.69, 9.17) is 4.74 Å². The first kappa shape index (κ1) is 13.4. The van der Waals surface area contributed by atoms with Gasteiger partial charge in [-0.05, 0) is 48.9 Å². The normalized spacial score (nSPS) is 18.4. The molecule has 1 aromatic carbocycles. The first-order valence-corrected chi connectivity index (χ1v) is 7.12. The van der Waals surface area contributed by atoms with Crippen LogP contribution in [0.2, 0.25) is 0 Å². The lowest BCUT2D eigenvalue weighted by Gasteiger charge is -2.21. The van der Waals surface area contributed by atoms with Crippen molar-refractivity contribution >= 4 is 0 Å². The average Bonchev–Trinajstić information content (AvgIpc) is 3.24. The van der Waals surface area contributed by atoms with Crippen molar-refractivity contribution in [3.05, 3.63) is 29.8 Å². The topological polar surface area (TPSA) is 21.3 Å². The molecule has 0 aromatic heterocycles. The summed E-state index contributed by atoms with van der Waals surface area (Å²) in [5.41, 5.74) is 1.40. The maximum Gasteiger partial charge on any atom is 0.118 e. The van der Waals surface area contributed by atoms with E-state index in [9.17, 15) is 0 Å². The van der Waals surface area contributed by atoms with Crippen molar-refractivity contribution in [3.63, 3.8) is 0 Å². The van der Waals surface area contributed by atoms with Crippen molar-refractivity contribution in [2.75, 3.05) is 13.7 Å². The van der Waals surface area contributed by atoms with Gasteiger partial charge in [0.05, 0.1) is 7.11 Å². The Kier molecular flexibility index (Phi) is 4.65. The van der Waals surface area contributed by atoms with E-state index in [0.29, 0.717) is 6.04 Å². The maximum atomic E-state index is 5.22. The highest BCUT2D eigenvalue weighted by Crippen LogP contribution is 2.41. The Morgan fingerprint density at radius 3 is 2.44 bits per heavy atom. The molecule has 1 aliphatic carbocycles. The molecule has 1 aromatic rings. The van der Waals surface area contributed by atoms with Gasteiger partial charge in [-0.2, -0.15) is 0 Å². The number of hydrogen-bond donors (Lipinski definition) is 1. The molecule has 2 heteroatoms. The number of benzene rings is 1. The minimum atomic E-state index is 0.532. The zero-order valence-electron chi connectivity index (χ0n) is 11.8. The third kappa shape index (κ3) is 3.49. The van der Waals surface area contributed by atoms with Crippen LogP contribution in [0.4, 0.5) is 0 Å². The SMILES string of the molecule is CCC(C)CNC(c1ccc(OC)cc1)C1CC1. The fraction of sp³-hybridized carbons (Fsp3) is 0.625. The Hall–Kier alpha value is -1.02. The van der Waals surface area contributed by atoms with E-state index in [-0.39, 0.29) is 0 Å². The van der Waals surface area contributed by atoms with Crippen molar-refractivity contribution in [1.29, 1.82) is 0 Å². The van der Waals surface area contributed by atoms with E-state index in [2.05, 4.69) is 43.4 Å². The predicted molar refractivity (Wildman–Crippen MR) is 75.9 cm³/mol. The van der Waals surface area contributed by atoms with Gasteiger partial charge in [0.1, 0.15) is 5.75 Å². The summed E-state index contributed by atoms with van der Waals surface area (Å²) in [6.07, 6.45) is 3.97. The minimum absolute atomic E-state index is 0.532. The second-order valence-electron chi connectivity index (χ2n) is 5.51. The second-order valence-corrected chi connectivity index (χ2v) is 5.51. The largest absolute Gasteiger partial charge is 0.497 e. The van der Waals surface area contributed by atoms with Crippen LogP contribution >= 0.6 is 0 Å². The molecule has 0 amide bonds. The van der Waals surface area contributed by atoms with Crippen molar-refractivity contribution in [3.8, 4) is 5.75 Å². The number of methoxy groups -OCH3 is 1. The first-order chi connectivity index (χ1) is 8.74. The Balaban J connectivity index is 1.99. The number of nitrogens with one attached hydrogen (secondary N) is 1. The summed E-state index contributed by atoms with van der Waals surface area (Å²) in [6.45, 7) is 5.68.